The lowest BCUT2D eigenvalue weighted by Gasteiger charge is -2.28. The summed E-state index contributed by atoms with van der Waals surface area (Å²) < 4.78 is 53.4. The van der Waals surface area contributed by atoms with Crippen molar-refractivity contribution in [2.75, 3.05) is 20.6 Å². The van der Waals surface area contributed by atoms with Gasteiger partial charge < -0.3 is 5.32 Å². The van der Waals surface area contributed by atoms with E-state index in [1.165, 1.54) is 31.2 Å². The molecule has 0 saturated carbocycles. The largest absolute Gasteiger partial charge is 0.324 e. The molecule has 10 heteroatoms. The minimum atomic E-state index is -3.80. The maximum Gasteiger partial charge on any atom is 0.261 e. The summed E-state index contributed by atoms with van der Waals surface area (Å²) in [6.45, 7) is 3.36. The van der Waals surface area contributed by atoms with Crippen LogP contribution in [-0.4, -0.2) is 35.0 Å². The number of carbonyl (C=O) groups excluding carboxylic acids is 1. The van der Waals surface area contributed by atoms with E-state index >= 15 is 0 Å². The predicted octanol–water partition coefficient (Wildman–Crippen LogP) is 3.59. The van der Waals surface area contributed by atoms with E-state index < -0.39 is 32.0 Å². The SMILES string of the molecule is Cc1ccc(N([C@H](C)C(=O)Nc2ccc(S(=O)(=O)Nc3ccccc3)cc2)S(C)(=O)=O)cc1. The van der Waals surface area contributed by atoms with Crippen molar-refractivity contribution in [1.29, 1.82) is 0 Å². The van der Waals surface area contributed by atoms with Crippen molar-refractivity contribution in [2.45, 2.75) is 24.8 Å². The van der Waals surface area contributed by atoms with Crippen molar-refractivity contribution in [3.05, 3.63) is 84.4 Å². The Bertz CT molecular complexity index is 1320. The molecule has 2 N–H and O–H groups in total. The van der Waals surface area contributed by atoms with Gasteiger partial charge in [0.15, 0.2) is 0 Å². The lowest BCUT2D eigenvalue weighted by Crippen LogP contribution is -2.45. The number of amides is 1. The molecule has 3 aromatic carbocycles. The summed E-state index contributed by atoms with van der Waals surface area (Å²) in [5.41, 5.74) is 2.10. The third kappa shape index (κ3) is 6.11. The van der Waals surface area contributed by atoms with Crippen LogP contribution < -0.4 is 14.3 Å². The molecule has 8 nitrogen and oxygen atoms in total. The standard InChI is InChI=1S/C23H25N3O5S2/c1-17-9-13-21(14-10-17)26(32(3,28)29)18(2)23(27)24-19-11-15-22(16-12-19)33(30,31)25-20-7-5-4-6-8-20/h4-16,18,25H,1-3H3,(H,24,27)/t18-/m1/s1. The minimum absolute atomic E-state index is 0.0230. The van der Waals surface area contributed by atoms with Crippen LogP contribution in [0.15, 0.2) is 83.8 Å². The van der Waals surface area contributed by atoms with Gasteiger partial charge in [0, 0.05) is 11.4 Å². The summed E-state index contributed by atoms with van der Waals surface area (Å²) in [6, 6.07) is 19.9. The first-order valence-corrected chi connectivity index (χ1v) is 13.4. The fourth-order valence-electron chi connectivity index (χ4n) is 3.18. The molecule has 0 aromatic heterocycles. The smallest absolute Gasteiger partial charge is 0.261 e. The van der Waals surface area contributed by atoms with Gasteiger partial charge in [-0.3, -0.25) is 13.8 Å². The highest BCUT2D eigenvalue weighted by molar-refractivity contribution is 7.92. The molecule has 1 amide bonds. The van der Waals surface area contributed by atoms with E-state index in [2.05, 4.69) is 10.0 Å². The maximum atomic E-state index is 12.8. The third-order valence-electron chi connectivity index (χ3n) is 4.84. The molecule has 33 heavy (non-hydrogen) atoms. The molecule has 0 radical (unpaired) electrons. The molecule has 0 heterocycles. The lowest BCUT2D eigenvalue weighted by atomic mass is 10.2. The Hall–Kier alpha value is -3.37. The van der Waals surface area contributed by atoms with Gasteiger partial charge in [0.05, 0.1) is 16.8 Å². The van der Waals surface area contributed by atoms with Gasteiger partial charge in [-0.1, -0.05) is 35.9 Å². The summed E-state index contributed by atoms with van der Waals surface area (Å²) >= 11 is 0. The van der Waals surface area contributed by atoms with Crippen molar-refractivity contribution >= 4 is 43.0 Å². The normalized spacial score (nSPS) is 12.6. The average Bonchev–Trinajstić information content (AvgIpc) is 2.75. The summed E-state index contributed by atoms with van der Waals surface area (Å²) in [5.74, 6) is -0.556. The van der Waals surface area contributed by atoms with Crippen LogP contribution in [0.25, 0.3) is 0 Å². The van der Waals surface area contributed by atoms with Crippen molar-refractivity contribution in [3.8, 4) is 0 Å². The molecule has 0 spiro atoms. The fraction of sp³-hybridized carbons (Fsp3) is 0.174. The van der Waals surface area contributed by atoms with E-state index in [9.17, 15) is 21.6 Å². The molecule has 0 bridgehead atoms. The molecule has 0 aliphatic carbocycles. The predicted molar refractivity (Wildman–Crippen MR) is 130 cm³/mol. The van der Waals surface area contributed by atoms with Gasteiger partial charge in [-0.15, -0.1) is 0 Å². The summed E-state index contributed by atoms with van der Waals surface area (Å²) in [6.07, 6.45) is 1.04. The molecule has 0 aliphatic rings. The van der Waals surface area contributed by atoms with Crippen molar-refractivity contribution in [3.63, 3.8) is 0 Å². The van der Waals surface area contributed by atoms with Gasteiger partial charge in [-0.25, -0.2) is 16.8 Å². The zero-order valence-corrected chi connectivity index (χ0v) is 20.0. The molecule has 174 valence electrons. The summed E-state index contributed by atoms with van der Waals surface area (Å²) in [5, 5.41) is 2.64. The Kier molecular flexibility index (Phi) is 7.09. The van der Waals surface area contributed by atoms with Crippen LogP contribution in [0.5, 0.6) is 0 Å². The molecular formula is C23H25N3O5S2. The monoisotopic (exact) mass is 487 g/mol. The first-order valence-electron chi connectivity index (χ1n) is 10.0. The Morgan fingerprint density at radius 2 is 1.39 bits per heavy atom. The maximum absolute atomic E-state index is 12.8. The van der Waals surface area contributed by atoms with Crippen LogP contribution in [0.1, 0.15) is 12.5 Å². The number of anilines is 3. The number of sulfonamides is 2. The topological polar surface area (TPSA) is 113 Å². The second-order valence-corrected chi connectivity index (χ2v) is 11.1. The molecule has 3 aromatic rings. The second kappa shape index (κ2) is 9.63. The first kappa shape index (κ1) is 24.3. The Balaban J connectivity index is 1.76. The number of para-hydroxylation sites is 1. The minimum Gasteiger partial charge on any atom is -0.324 e. The molecule has 1 atom stereocenters. The van der Waals surface area contributed by atoms with Gasteiger partial charge in [-0.2, -0.15) is 0 Å². The second-order valence-electron chi connectivity index (χ2n) is 7.56. The number of nitrogens with zero attached hydrogens (tertiary/aromatic N) is 1. The van der Waals surface area contributed by atoms with Gasteiger partial charge in [0.1, 0.15) is 6.04 Å². The first-order chi connectivity index (χ1) is 15.5. The molecular weight excluding hydrogens is 462 g/mol. The quantitative estimate of drug-likeness (QED) is 0.504. The van der Waals surface area contributed by atoms with Crippen molar-refractivity contribution in [2.24, 2.45) is 0 Å². The molecule has 0 fully saturated rings. The zero-order chi connectivity index (χ0) is 24.2. The highest BCUT2D eigenvalue weighted by Gasteiger charge is 2.29. The molecule has 0 unspecified atom stereocenters. The Morgan fingerprint density at radius 3 is 1.94 bits per heavy atom. The van der Waals surface area contributed by atoms with E-state index in [0.717, 1.165) is 16.1 Å². The van der Waals surface area contributed by atoms with Gasteiger partial charge >= 0.3 is 0 Å². The van der Waals surface area contributed by atoms with Gasteiger partial charge in [-0.05, 0) is 62.4 Å². The zero-order valence-electron chi connectivity index (χ0n) is 18.4. The third-order valence-corrected chi connectivity index (χ3v) is 7.47. The van der Waals surface area contributed by atoms with Crippen LogP contribution in [0.3, 0.4) is 0 Å². The fourth-order valence-corrected chi connectivity index (χ4v) is 5.42. The number of benzene rings is 3. The van der Waals surface area contributed by atoms with Crippen LogP contribution in [-0.2, 0) is 24.8 Å². The summed E-state index contributed by atoms with van der Waals surface area (Å²) in [7, 11) is -7.54. The molecule has 0 aliphatic heterocycles. The van der Waals surface area contributed by atoms with Crippen LogP contribution in [0.2, 0.25) is 0 Å². The van der Waals surface area contributed by atoms with Crippen LogP contribution >= 0.6 is 0 Å². The number of carbonyl (C=O) groups is 1. The number of nitrogens with one attached hydrogen (secondary N) is 2. The average molecular weight is 488 g/mol. The number of rotatable bonds is 8. The highest BCUT2D eigenvalue weighted by Crippen LogP contribution is 2.23. The lowest BCUT2D eigenvalue weighted by molar-refractivity contribution is -0.116. The number of aryl methyl sites for hydroxylation is 1. The van der Waals surface area contributed by atoms with E-state index in [1.54, 1.807) is 54.6 Å². The van der Waals surface area contributed by atoms with E-state index in [4.69, 9.17) is 0 Å². The number of hydrogen-bond acceptors (Lipinski definition) is 5. The number of hydrogen-bond donors (Lipinski definition) is 2. The summed E-state index contributed by atoms with van der Waals surface area (Å²) in [4.78, 5) is 12.8. The van der Waals surface area contributed by atoms with E-state index in [1.807, 2.05) is 6.92 Å². The van der Waals surface area contributed by atoms with E-state index in [-0.39, 0.29) is 4.90 Å². The van der Waals surface area contributed by atoms with E-state index in [0.29, 0.717) is 17.1 Å². The highest BCUT2D eigenvalue weighted by atomic mass is 32.2. The van der Waals surface area contributed by atoms with Crippen LogP contribution in [0.4, 0.5) is 17.1 Å². The molecule has 0 saturated heterocycles. The Morgan fingerprint density at radius 1 is 0.818 bits per heavy atom. The van der Waals surface area contributed by atoms with Crippen molar-refractivity contribution in [1.82, 2.24) is 0 Å². The van der Waals surface area contributed by atoms with Crippen molar-refractivity contribution < 1.29 is 21.6 Å². The van der Waals surface area contributed by atoms with Gasteiger partial charge in [0.25, 0.3) is 10.0 Å². The molecule has 3 rings (SSSR count). The Labute approximate surface area is 194 Å². The van der Waals surface area contributed by atoms with Gasteiger partial charge in [0.2, 0.25) is 15.9 Å². The van der Waals surface area contributed by atoms with Crippen LogP contribution in [0, 0.1) is 6.92 Å².